The number of nitrogens with zero attached hydrogens (tertiary/aromatic N) is 2. The highest BCUT2D eigenvalue weighted by atomic mass is 16.2. The molecule has 0 spiro atoms. The molecule has 0 rings (SSSR count). The van der Waals surface area contributed by atoms with Crippen LogP contribution in [-0.4, -0.2) is 49.4 Å². The minimum atomic E-state index is 0.0665. The summed E-state index contributed by atoms with van der Waals surface area (Å²) in [6.45, 7) is 4.80. The van der Waals surface area contributed by atoms with E-state index in [2.05, 4.69) is 0 Å². The third kappa shape index (κ3) is 5.42. The van der Waals surface area contributed by atoms with E-state index in [1.54, 1.807) is 11.0 Å². The van der Waals surface area contributed by atoms with Crippen molar-refractivity contribution in [2.45, 2.75) is 19.9 Å². The van der Waals surface area contributed by atoms with E-state index in [1.165, 1.54) is 0 Å². The van der Waals surface area contributed by atoms with Crippen LogP contribution in [-0.2, 0) is 4.79 Å². The molecule has 0 aromatic heterocycles. The Hall–Kier alpha value is -0.830. The Labute approximate surface area is 81.0 Å². The molecule has 0 saturated carbocycles. The summed E-state index contributed by atoms with van der Waals surface area (Å²) in [6.07, 6.45) is 3.50. The van der Waals surface area contributed by atoms with Crippen LogP contribution in [0, 0.1) is 0 Å². The average Bonchev–Trinajstić information content (AvgIpc) is 2.02. The first-order chi connectivity index (χ1) is 5.95. The van der Waals surface area contributed by atoms with Gasteiger partial charge in [-0.25, -0.2) is 0 Å². The van der Waals surface area contributed by atoms with Crippen molar-refractivity contribution in [3.05, 3.63) is 12.2 Å². The van der Waals surface area contributed by atoms with E-state index in [9.17, 15) is 4.79 Å². The van der Waals surface area contributed by atoms with Gasteiger partial charge in [-0.15, -0.1) is 0 Å². The number of carbonyl (C=O) groups excluding carboxylic acids is 1. The van der Waals surface area contributed by atoms with Crippen molar-refractivity contribution in [1.82, 2.24) is 9.80 Å². The fourth-order valence-electron chi connectivity index (χ4n) is 0.736. The lowest BCUT2D eigenvalue weighted by atomic mass is 10.3. The summed E-state index contributed by atoms with van der Waals surface area (Å²) in [5, 5.41) is 0. The van der Waals surface area contributed by atoms with Crippen LogP contribution in [0.5, 0.6) is 0 Å². The Bertz CT molecular complexity index is 185. The van der Waals surface area contributed by atoms with Gasteiger partial charge in [0.15, 0.2) is 0 Å². The predicted molar refractivity (Wildman–Crippen MR) is 55.6 cm³/mol. The predicted octanol–water partition coefficient (Wildman–Crippen LogP) is 0.971. The summed E-state index contributed by atoms with van der Waals surface area (Å²) in [5.41, 5.74) is 0. The molecule has 0 aliphatic rings. The van der Waals surface area contributed by atoms with Crippen LogP contribution < -0.4 is 0 Å². The lowest BCUT2D eigenvalue weighted by Crippen LogP contribution is -2.31. The lowest BCUT2D eigenvalue weighted by molar-refractivity contribution is -0.126. The molecule has 3 nitrogen and oxygen atoms in total. The molecule has 0 N–H and O–H groups in total. The van der Waals surface area contributed by atoms with Gasteiger partial charge in [0, 0.05) is 25.7 Å². The van der Waals surface area contributed by atoms with Crippen LogP contribution in [0.15, 0.2) is 12.2 Å². The summed E-state index contributed by atoms with van der Waals surface area (Å²) in [4.78, 5) is 15.1. The minimum Gasteiger partial charge on any atom is -0.340 e. The van der Waals surface area contributed by atoms with Crippen LogP contribution in [0.3, 0.4) is 0 Å². The highest BCUT2D eigenvalue weighted by Crippen LogP contribution is 1.95. The zero-order valence-electron chi connectivity index (χ0n) is 9.24. The zero-order chi connectivity index (χ0) is 10.4. The molecule has 0 unspecified atom stereocenters. The number of likely N-dealkylation sites (N-methyl/N-ethyl adjacent to an activating group) is 2. The smallest absolute Gasteiger partial charge is 0.246 e. The van der Waals surface area contributed by atoms with Gasteiger partial charge in [-0.2, -0.15) is 0 Å². The van der Waals surface area contributed by atoms with E-state index in [0.717, 1.165) is 6.54 Å². The van der Waals surface area contributed by atoms with Crippen molar-refractivity contribution in [1.29, 1.82) is 0 Å². The maximum Gasteiger partial charge on any atom is 0.246 e. The van der Waals surface area contributed by atoms with Crippen molar-refractivity contribution in [3.63, 3.8) is 0 Å². The molecule has 0 atom stereocenters. The molecule has 76 valence electrons. The summed E-state index contributed by atoms with van der Waals surface area (Å²) in [5.74, 6) is 0.0665. The van der Waals surface area contributed by atoms with Gasteiger partial charge in [-0.1, -0.05) is 6.08 Å². The maximum atomic E-state index is 11.4. The molecule has 0 aromatic rings. The highest BCUT2D eigenvalue weighted by Gasteiger charge is 2.07. The first-order valence-electron chi connectivity index (χ1n) is 4.53. The van der Waals surface area contributed by atoms with Gasteiger partial charge in [0.2, 0.25) is 5.91 Å². The third-order valence-corrected chi connectivity index (χ3v) is 1.85. The molecule has 0 heterocycles. The van der Waals surface area contributed by atoms with E-state index < -0.39 is 0 Å². The normalized spacial score (nSPS) is 11.6. The molecular weight excluding hydrogens is 164 g/mol. The van der Waals surface area contributed by atoms with E-state index in [0.29, 0.717) is 0 Å². The fourth-order valence-corrected chi connectivity index (χ4v) is 0.736. The second-order valence-electron chi connectivity index (χ2n) is 3.71. The molecule has 0 saturated heterocycles. The molecule has 0 radical (unpaired) electrons. The molecule has 0 fully saturated rings. The van der Waals surface area contributed by atoms with Gasteiger partial charge in [0.1, 0.15) is 0 Å². The van der Waals surface area contributed by atoms with E-state index in [4.69, 9.17) is 0 Å². The first kappa shape index (κ1) is 12.2. The van der Waals surface area contributed by atoms with Gasteiger partial charge in [-0.3, -0.25) is 4.79 Å². The summed E-state index contributed by atoms with van der Waals surface area (Å²) in [7, 11) is 5.76. The van der Waals surface area contributed by atoms with Gasteiger partial charge in [-0.05, 0) is 27.9 Å². The van der Waals surface area contributed by atoms with E-state index in [-0.39, 0.29) is 11.9 Å². The van der Waals surface area contributed by atoms with Crippen molar-refractivity contribution >= 4 is 5.91 Å². The monoisotopic (exact) mass is 184 g/mol. The van der Waals surface area contributed by atoms with Crippen molar-refractivity contribution in [2.75, 3.05) is 27.7 Å². The van der Waals surface area contributed by atoms with E-state index in [1.807, 2.05) is 46.0 Å². The van der Waals surface area contributed by atoms with Crippen molar-refractivity contribution in [2.24, 2.45) is 0 Å². The highest BCUT2D eigenvalue weighted by molar-refractivity contribution is 5.87. The van der Waals surface area contributed by atoms with E-state index >= 15 is 0 Å². The quantitative estimate of drug-likeness (QED) is 0.608. The molecular formula is C10H20N2O. The Morgan fingerprint density at radius 3 is 2.23 bits per heavy atom. The maximum absolute atomic E-state index is 11.4. The van der Waals surface area contributed by atoms with Gasteiger partial charge < -0.3 is 9.80 Å². The molecule has 0 bridgehead atoms. The first-order valence-corrected chi connectivity index (χ1v) is 4.53. The molecule has 0 aromatic carbocycles. The van der Waals surface area contributed by atoms with Crippen LogP contribution in [0.4, 0.5) is 0 Å². The van der Waals surface area contributed by atoms with Crippen LogP contribution in [0.2, 0.25) is 0 Å². The van der Waals surface area contributed by atoms with Crippen LogP contribution in [0.1, 0.15) is 13.8 Å². The second kappa shape index (κ2) is 5.75. The van der Waals surface area contributed by atoms with Gasteiger partial charge in [0.25, 0.3) is 0 Å². The minimum absolute atomic E-state index is 0.0665. The van der Waals surface area contributed by atoms with Crippen LogP contribution >= 0.6 is 0 Å². The standard InChI is InChI=1S/C10H20N2O/c1-9(2)12(5)10(13)7-6-8-11(3)4/h6-7,9H,8H2,1-5H3/b7-6+. The largest absolute Gasteiger partial charge is 0.340 e. The topological polar surface area (TPSA) is 23.6 Å². The molecule has 3 heteroatoms. The average molecular weight is 184 g/mol. The summed E-state index contributed by atoms with van der Waals surface area (Å²) < 4.78 is 0. The molecule has 0 aliphatic heterocycles. The molecule has 13 heavy (non-hydrogen) atoms. The van der Waals surface area contributed by atoms with Gasteiger partial charge >= 0.3 is 0 Å². The number of hydrogen-bond donors (Lipinski definition) is 0. The fraction of sp³-hybridized carbons (Fsp3) is 0.700. The third-order valence-electron chi connectivity index (χ3n) is 1.85. The Morgan fingerprint density at radius 2 is 1.85 bits per heavy atom. The zero-order valence-corrected chi connectivity index (χ0v) is 9.24. The summed E-state index contributed by atoms with van der Waals surface area (Å²) in [6, 6.07) is 0.261. The Balaban J connectivity index is 3.93. The van der Waals surface area contributed by atoms with Crippen molar-refractivity contribution < 1.29 is 4.79 Å². The van der Waals surface area contributed by atoms with Crippen molar-refractivity contribution in [3.8, 4) is 0 Å². The Kier molecular flexibility index (Phi) is 5.39. The number of amides is 1. The SMILES string of the molecule is CC(C)N(C)C(=O)/C=C/CN(C)C. The van der Waals surface area contributed by atoms with Crippen LogP contribution in [0.25, 0.3) is 0 Å². The van der Waals surface area contributed by atoms with Gasteiger partial charge in [0.05, 0.1) is 0 Å². The Morgan fingerprint density at radius 1 is 1.31 bits per heavy atom. The second-order valence-corrected chi connectivity index (χ2v) is 3.71. The molecule has 1 amide bonds. The number of carbonyl (C=O) groups is 1. The lowest BCUT2D eigenvalue weighted by Gasteiger charge is -2.19. The number of rotatable bonds is 4. The molecule has 0 aliphatic carbocycles. The number of hydrogen-bond acceptors (Lipinski definition) is 2. The summed E-state index contributed by atoms with van der Waals surface area (Å²) >= 11 is 0.